The van der Waals surface area contributed by atoms with Gasteiger partial charge in [0.15, 0.2) is 5.96 Å². The molecular weight excluding hydrogens is 270 g/mol. The van der Waals surface area contributed by atoms with Gasteiger partial charge in [0.1, 0.15) is 0 Å². The zero-order valence-corrected chi connectivity index (χ0v) is 14.3. The number of aliphatic imine (C=N–C) groups is 1. The molecule has 1 aromatic rings. The van der Waals surface area contributed by atoms with Gasteiger partial charge in [-0.3, -0.25) is 9.67 Å². The number of nitrogens with zero attached hydrogens (tertiary/aromatic N) is 4. The van der Waals surface area contributed by atoms with Crippen molar-refractivity contribution < 1.29 is 0 Å². The van der Waals surface area contributed by atoms with E-state index in [0.29, 0.717) is 0 Å². The zero-order chi connectivity index (χ0) is 15.2. The molecule has 5 nitrogen and oxygen atoms in total. The third-order valence-electron chi connectivity index (χ3n) is 3.04. The summed E-state index contributed by atoms with van der Waals surface area (Å²) in [7, 11) is 3.99. The number of thioether (sulfide) groups is 1. The molecule has 0 unspecified atom stereocenters. The van der Waals surface area contributed by atoms with Crippen molar-refractivity contribution in [1.29, 1.82) is 0 Å². The van der Waals surface area contributed by atoms with Crippen LogP contribution in [0.2, 0.25) is 0 Å². The van der Waals surface area contributed by atoms with Gasteiger partial charge in [-0.15, -0.1) is 0 Å². The molecule has 1 aromatic heterocycles. The highest BCUT2D eigenvalue weighted by Gasteiger charge is 2.16. The molecule has 20 heavy (non-hydrogen) atoms. The first-order valence-corrected chi connectivity index (χ1v) is 8.12. The largest absolute Gasteiger partial charge is 0.357 e. The van der Waals surface area contributed by atoms with Crippen LogP contribution in [0.4, 0.5) is 0 Å². The van der Waals surface area contributed by atoms with Crippen LogP contribution in [-0.4, -0.2) is 51.8 Å². The molecule has 0 fully saturated rings. The van der Waals surface area contributed by atoms with Crippen LogP contribution in [0.3, 0.4) is 0 Å². The number of nitrogens with one attached hydrogen (secondary N) is 1. The second-order valence-electron chi connectivity index (χ2n) is 5.51. The maximum absolute atomic E-state index is 4.74. The minimum absolute atomic E-state index is 0.163. The van der Waals surface area contributed by atoms with Crippen molar-refractivity contribution in [3.63, 3.8) is 0 Å². The Balaban J connectivity index is 2.71. The van der Waals surface area contributed by atoms with Crippen LogP contribution in [0.1, 0.15) is 26.3 Å². The van der Waals surface area contributed by atoms with E-state index in [2.05, 4.69) is 49.4 Å². The quantitative estimate of drug-likeness (QED) is 0.644. The lowest BCUT2D eigenvalue weighted by Crippen LogP contribution is -2.39. The molecule has 0 spiro atoms. The lowest BCUT2D eigenvalue weighted by Gasteiger charge is -2.24. The van der Waals surface area contributed by atoms with E-state index in [1.807, 2.05) is 35.9 Å². The van der Waals surface area contributed by atoms with Gasteiger partial charge in [0, 0.05) is 43.7 Å². The number of aromatic nitrogens is 2. The first-order chi connectivity index (χ1) is 9.38. The van der Waals surface area contributed by atoms with E-state index in [1.165, 1.54) is 5.56 Å². The minimum Gasteiger partial charge on any atom is -0.357 e. The van der Waals surface area contributed by atoms with Crippen molar-refractivity contribution in [2.45, 2.75) is 32.1 Å². The SMILES string of the molecule is CCNC(=NCC(C)(C)SC)N(C)Cc1cnn(C)c1. The van der Waals surface area contributed by atoms with Gasteiger partial charge in [-0.25, -0.2) is 0 Å². The Hall–Kier alpha value is -1.17. The molecule has 0 aliphatic rings. The molecule has 0 saturated heterocycles. The first kappa shape index (κ1) is 16.9. The molecular formula is C14H27N5S. The van der Waals surface area contributed by atoms with Crippen LogP contribution >= 0.6 is 11.8 Å². The predicted molar refractivity (Wildman–Crippen MR) is 88.2 cm³/mol. The standard InChI is InChI=1S/C14H27N5S/c1-7-15-13(16-11-14(2,3)20-6)18(4)9-12-8-17-19(5)10-12/h8,10H,7,9,11H2,1-6H3,(H,15,16). The van der Waals surface area contributed by atoms with Gasteiger partial charge in [-0.05, 0) is 27.0 Å². The number of guanidine groups is 1. The van der Waals surface area contributed by atoms with Gasteiger partial charge < -0.3 is 10.2 Å². The summed E-state index contributed by atoms with van der Waals surface area (Å²) >= 11 is 1.84. The summed E-state index contributed by atoms with van der Waals surface area (Å²) in [5.41, 5.74) is 1.18. The van der Waals surface area contributed by atoms with Gasteiger partial charge in [-0.1, -0.05) is 0 Å². The third-order valence-corrected chi connectivity index (χ3v) is 4.27. The van der Waals surface area contributed by atoms with Gasteiger partial charge >= 0.3 is 0 Å². The van der Waals surface area contributed by atoms with Gasteiger partial charge in [0.25, 0.3) is 0 Å². The molecule has 6 heteroatoms. The summed E-state index contributed by atoms with van der Waals surface area (Å²) in [5, 5.41) is 7.55. The van der Waals surface area contributed by atoms with Crippen LogP contribution in [0.5, 0.6) is 0 Å². The maximum atomic E-state index is 4.74. The normalized spacial score (nSPS) is 12.6. The summed E-state index contributed by atoms with van der Waals surface area (Å²) in [4.78, 5) is 6.88. The summed E-state index contributed by atoms with van der Waals surface area (Å²) in [6, 6.07) is 0. The van der Waals surface area contributed by atoms with Crippen molar-refractivity contribution >= 4 is 17.7 Å². The van der Waals surface area contributed by atoms with Crippen molar-refractivity contribution in [2.24, 2.45) is 12.0 Å². The maximum Gasteiger partial charge on any atom is 0.194 e. The van der Waals surface area contributed by atoms with E-state index in [-0.39, 0.29) is 4.75 Å². The van der Waals surface area contributed by atoms with Crippen molar-refractivity contribution in [3.8, 4) is 0 Å². The van der Waals surface area contributed by atoms with E-state index < -0.39 is 0 Å². The molecule has 114 valence electrons. The number of hydrogen-bond donors (Lipinski definition) is 1. The molecule has 1 N–H and O–H groups in total. The lowest BCUT2D eigenvalue weighted by molar-refractivity contribution is 0.475. The van der Waals surface area contributed by atoms with E-state index >= 15 is 0 Å². The summed E-state index contributed by atoms with van der Waals surface area (Å²) < 4.78 is 1.99. The Morgan fingerprint density at radius 1 is 1.55 bits per heavy atom. The fourth-order valence-electron chi connectivity index (χ4n) is 1.70. The van der Waals surface area contributed by atoms with Gasteiger partial charge in [0.2, 0.25) is 0 Å². The van der Waals surface area contributed by atoms with Crippen molar-refractivity contribution in [1.82, 2.24) is 20.0 Å². The predicted octanol–water partition coefficient (Wildman–Crippen LogP) is 1.96. The van der Waals surface area contributed by atoms with Gasteiger partial charge in [0.05, 0.1) is 12.7 Å². The molecule has 0 radical (unpaired) electrons. The molecule has 0 amide bonds. The number of rotatable bonds is 6. The first-order valence-electron chi connectivity index (χ1n) is 6.90. The Bertz CT molecular complexity index is 439. The van der Waals surface area contributed by atoms with E-state index in [1.54, 1.807) is 0 Å². The molecule has 0 atom stereocenters. The monoisotopic (exact) mass is 297 g/mol. The Labute approximate surface area is 126 Å². The smallest absolute Gasteiger partial charge is 0.194 e. The summed E-state index contributed by atoms with van der Waals surface area (Å²) in [5.74, 6) is 0.943. The molecule has 0 saturated carbocycles. The molecule has 1 heterocycles. The Morgan fingerprint density at radius 3 is 2.75 bits per heavy atom. The third kappa shape index (κ3) is 5.45. The zero-order valence-electron chi connectivity index (χ0n) is 13.5. The van der Waals surface area contributed by atoms with Crippen LogP contribution < -0.4 is 5.32 Å². The average Bonchev–Trinajstić information content (AvgIpc) is 2.79. The lowest BCUT2D eigenvalue weighted by atomic mass is 10.2. The van der Waals surface area contributed by atoms with Crippen LogP contribution in [0.25, 0.3) is 0 Å². The minimum atomic E-state index is 0.163. The molecule has 0 aliphatic heterocycles. The highest BCUT2D eigenvalue weighted by atomic mass is 32.2. The van der Waals surface area contributed by atoms with Crippen LogP contribution in [-0.2, 0) is 13.6 Å². The van der Waals surface area contributed by atoms with Crippen molar-refractivity contribution in [2.75, 3.05) is 26.4 Å². The highest BCUT2D eigenvalue weighted by Crippen LogP contribution is 2.21. The van der Waals surface area contributed by atoms with E-state index in [4.69, 9.17) is 4.99 Å². The van der Waals surface area contributed by atoms with E-state index in [9.17, 15) is 0 Å². The summed E-state index contributed by atoms with van der Waals surface area (Å²) in [6.07, 6.45) is 6.06. The van der Waals surface area contributed by atoms with Crippen LogP contribution in [0.15, 0.2) is 17.4 Å². The molecule has 0 aromatic carbocycles. The Kier molecular flexibility index (Phi) is 6.39. The molecule has 1 rings (SSSR count). The van der Waals surface area contributed by atoms with Gasteiger partial charge in [-0.2, -0.15) is 16.9 Å². The Morgan fingerprint density at radius 2 is 2.25 bits per heavy atom. The highest BCUT2D eigenvalue weighted by molar-refractivity contribution is 7.99. The van der Waals surface area contributed by atoms with Crippen LogP contribution in [0, 0.1) is 0 Å². The topological polar surface area (TPSA) is 45.5 Å². The fourth-order valence-corrected chi connectivity index (χ4v) is 1.90. The fraction of sp³-hybridized carbons (Fsp3) is 0.714. The van der Waals surface area contributed by atoms with Crippen molar-refractivity contribution in [3.05, 3.63) is 18.0 Å². The molecule has 0 aliphatic carbocycles. The molecule has 0 bridgehead atoms. The second-order valence-corrected chi connectivity index (χ2v) is 7.03. The average molecular weight is 297 g/mol. The number of aryl methyl sites for hydroxylation is 1. The second kappa shape index (κ2) is 7.57. The van der Waals surface area contributed by atoms with E-state index in [0.717, 1.165) is 25.6 Å². The summed E-state index contributed by atoms with van der Waals surface area (Å²) in [6.45, 7) is 8.99. The number of hydrogen-bond acceptors (Lipinski definition) is 3.